The minimum absolute atomic E-state index is 0.0230. The van der Waals surface area contributed by atoms with Crippen molar-refractivity contribution in [3.05, 3.63) is 18.6 Å². The lowest BCUT2D eigenvalue weighted by Crippen LogP contribution is -2.50. The number of nitrogens with zero attached hydrogens (tertiary/aromatic N) is 4. The largest absolute Gasteiger partial charge is 0.354 e. The molecule has 1 aliphatic carbocycles. The number of urea groups is 1. The first-order chi connectivity index (χ1) is 12.1. The second-order valence-electron chi connectivity index (χ2n) is 7.55. The molecule has 2 heterocycles. The zero-order valence-corrected chi connectivity index (χ0v) is 15.3. The number of amides is 2. The molecule has 2 amide bonds. The minimum atomic E-state index is -0.0230. The van der Waals surface area contributed by atoms with Crippen LogP contribution in [0.25, 0.3) is 0 Å². The fraction of sp³-hybridized carbons (Fsp3) is 0.722. The first-order valence-electron chi connectivity index (χ1n) is 9.34. The zero-order chi connectivity index (χ0) is 17.6. The van der Waals surface area contributed by atoms with Crippen molar-refractivity contribution >= 4 is 11.8 Å². The van der Waals surface area contributed by atoms with E-state index in [-0.39, 0.29) is 12.1 Å². The molecule has 1 saturated carbocycles. The summed E-state index contributed by atoms with van der Waals surface area (Å²) < 4.78 is 0. The summed E-state index contributed by atoms with van der Waals surface area (Å²) in [4.78, 5) is 25.2. The van der Waals surface area contributed by atoms with E-state index in [0.29, 0.717) is 12.0 Å². The predicted molar refractivity (Wildman–Crippen MR) is 98.6 cm³/mol. The highest BCUT2D eigenvalue weighted by molar-refractivity contribution is 5.74. The SMILES string of the molecule is CN(C)C[C@@H]1CN(c2ccncn2)C[C@H]1NC(=O)NC1CCCCC1. The monoisotopic (exact) mass is 346 g/mol. The van der Waals surface area contributed by atoms with Crippen LogP contribution in [0.15, 0.2) is 18.6 Å². The molecule has 1 saturated heterocycles. The van der Waals surface area contributed by atoms with E-state index in [2.05, 4.69) is 44.5 Å². The Morgan fingerprint density at radius 1 is 1.24 bits per heavy atom. The first-order valence-corrected chi connectivity index (χ1v) is 9.34. The molecule has 7 nitrogen and oxygen atoms in total. The van der Waals surface area contributed by atoms with Crippen LogP contribution in [0.2, 0.25) is 0 Å². The van der Waals surface area contributed by atoms with E-state index in [9.17, 15) is 4.79 Å². The normalized spacial score (nSPS) is 24.5. The van der Waals surface area contributed by atoms with E-state index in [1.165, 1.54) is 19.3 Å². The number of aromatic nitrogens is 2. The molecule has 25 heavy (non-hydrogen) atoms. The topological polar surface area (TPSA) is 73.4 Å². The maximum absolute atomic E-state index is 12.5. The molecule has 2 aliphatic rings. The maximum atomic E-state index is 12.5. The summed E-state index contributed by atoms with van der Waals surface area (Å²) in [6, 6.07) is 2.36. The average Bonchev–Trinajstić information content (AvgIpc) is 2.98. The van der Waals surface area contributed by atoms with E-state index >= 15 is 0 Å². The predicted octanol–water partition coefficient (Wildman–Crippen LogP) is 1.47. The van der Waals surface area contributed by atoms with E-state index < -0.39 is 0 Å². The van der Waals surface area contributed by atoms with Crippen LogP contribution in [0.5, 0.6) is 0 Å². The summed E-state index contributed by atoms with van der Waals surface area (Å²) in [7, 11) is 4.15. The summed E-state index contributed by atoms with van der Waals surface area (Å²) in [5.74, 6) is 1.30. The molecule has 0 aromatic carbocycles. The Hall–Kier alpha value is -1.89. The van der Waals surface area contributed by atoms with Gasteiger partial charge in [0.2, 0.25) is 0 Å². The van der Waals surface area contributed by atoms with E-state index in [1.54, 1.807) is 12.5 Å². The summed E-state index contributed by atoms with van der Waals surface area (Å²) in [6.45, 7) is 2.62. The van der Waals surface area contributed by atoms with Crippen LogP contribution in [0.4, 0.5) is 10.6 Å². The molecule has 2 N–H and O–H groups in total. The van der Waals surface area contributed by atoms with Crippen LogP contribution < -0.4 is 15.5 Å². The van der Waals surface area contributed by atoms with Gasteiger partial charge in [-0.2, -0.15) is 0 Å². The van der Waals surface area contributed by atoms with Gasteiger partial charge in [0.15, 0.2) is 0 Å². The van der Waals surface area contributed by atoms with Gasteiger partial charge in [-0.1, -0.05) is 19.3 Å². The Morgan fingerprint density at radius 2 is 2.04 bits per heavy atom. The van der Waals surface area contributed by atoms with Crippen LogP contribution in [0.3, 0.4) is 0 Å². The highest BCUT2D eigenvalue weighted by atomic mass is 16.2. The highest BCUT2D eigenvalue weighted by Gasteiger charge is 2.35. The number of nitrogens with one attached hydrogen (secondary N) is 2. The van der Waals surface area contributed by atoms with Gasteiger partial charge in [-0.25, -0.2) is 14.8 Å². The van der Waals surface area contributed by atoms with E-state index in [0.717, 1.165) is 38.3 Å². The third kappa shape index (κ3) is 5.04. The molecule has 0 radical (unpaired) electrons. The molecule has 138 valence electrons. The first kappa shape index (κ1) is 17.9. The van der Waals surface area contributed by atoms with Gasteiger partial charge in [0.25, 0.3) is 0 Å². The second-order valence-corrected chi connectivity index (χ2v) is 7.55. The van der Waals surface area contributed by atoms with Crippen molar-refractivity contribution in [1.82, 2.24) is 25.5 Å². The molecule has 2 fully saturated rings. The van der Waals surface area contributed by atoms with Crippen molar-refractivity contribution in [1.29, 1.82) is 0 Å². The molecule has 0 bridgehead atoms. The van der Waals surface area contributed by atoms with E-state index in [1.807, 2.05) is 6.07 Å². The fourth-order valence-electron chi connectivity index (χ4n) is 3.99. The lowest BCUT2D eigenvalue weighted by molar-refractivity contribution is 0.223. The number of carbonyl (C=O) groups is 1. The number of carbonyl (C=O) groups excluding carboxylic acids is 1. The Bertz CT molecular complexity index is 546. The smallest absolute Gasteiger partial charge is 0.315 e. The third-order valence-electron chi connectivity index (χ3n) is 5.19. The van der Waals surface area contributed by atoms with Crippen LogP contribution in [0, 0.1) is 5.92 Å². The lowest BCUT2D eigenvalue weighted by Gasteiger charge is -2.26. The number of rotatable bonds is 5. The molecule has 2 atom stereocenters. The van der Waals surface area contributed by atoms with Gasteiger partial charge in [0.1, 0.15) is 12.1 Å². The molecule has 1 aromatic rings. The molecular weight excluding hydrogens is 316 g/mol. The van der Waals surface area contributed by atoms with E-state index in [4.69, 9.17) is 0 Å². The van der Waals surface area contributed by atoms with Crippen molar-refractivity contribution in [2.24, 2.45) is 5.92 Å². The molecule has 0 spiro atoms. The maximum Gasteiger partial charge on any atom is 0.315 e. The Balaban J connectivity index is 1.59. The van der Waals surface area contributed by atoms with Gasteiger partial charge in [-0.15, -0.1) is 0 Å². The molecule has 1 aliphatic heterocycles. The number of anilines is 1. The minimum Gasteiger partial charge on any atom is -0.354 e. The van der Waals surface area contributed by atoms with Crippen molar-refractivity contribution in [3.63, 3.8) is 0 Å². The highest BCUT2D eigenvalue weighted by Crippen LogP contribution is 2.23. The fourth-order valence-corrected chi connectivity index (χ4v) is 3.99. The van der Waals surface area contributed by atoms with Crippen molar-refractivity contribution < 1.29 is 4.79 Å². The van der Waals surface area contributed by atoms with Gasteiger partial charge >= 0.3 is 6.03 Å². The van der Waals surface area contributed by atoms with Crippen molar-refractivity contribution in [2.45, 2.75) is 44.2 Å². The summed E-state index contributed by atoms with van der Waals surface area (Å²) in [6.07, 6.45) is 9.28. The van der Waals surface area contributed by atoms with Gasteiger partial charge < -0.3 is 20.4 Å². The van der Waals surface area contributed by atoms with Crippen LogP contribution >= 0.6 is 0 Å². The van der Waals surface area contributed by atoms with Crippen LogP contribution in [-0.2, 0) is 0 Å². The average molecular weight is 346 g/mol. The van der Waals surface area contributed by atoms with Gasteiger partial charge in [-0.3, -0.25) is 0 Å². The van der Waals surface area contributed by atoms with Gasteiger partial charge in [0.05, 0.1) is 6.04 Å². The Labute approximate surface area is 150 Å². The third-order valence-corrected chi connectivity index (χ3v) is 5.19. The molecule has 0 unspecified atom stereocenters. The summed E-state index contributed by atoms with van der Waals surface area (Å²) in [5, 5.41) is 6.39. The second kappa shape index (κ2) is 8.47. The Kier molecular flexibility index (Phi) is 6.07. The van der Waals surface area contributed by atoms with Gasteiger partial charge in [0, 0.05) is 37.8 Å². The number of hydrogen-bond acceptors (Lipinski definition) is 5. The molecule has 1 aromatic heterocycles. The summed E-state index contributed by atoms with van der Waals surface area (Å²) >= 11 is 0. The molecule has 7 heteroatoms. The van der Waals surface area contributed by atoms with Crippen LogP contribution in [0.1, 0.15) is 32.1 Å². The quantitative estimate of drug-likeness (QED) is 0.845. The Morgan fingerprint density at radius 3 is 2.72 bits per heavy atom. The number of hydrogen-bond donors (Lipinski definition) is 2. The zero-order valence-electron chi connectivity index (χ0n) is 15.3. The van der Waals surface area contributed by atoms with Crippen molar-refractivity contribution in [2.75, 3.05) is 38.6 Å². The summed E-state index contributed by atoms with van der Waals surface area (Å²) in [5.41, 5.74) is 0. The molecular formula is C18H30N6O. The van der Waals surface area contributed by atoms with Crippen LogP contribution in [-0.4, -0.2) is 66.7 Å². The van der Waals surface area contributed by atoms with Crippen molar-refractivity contribution in [3.8, 4) is 0 Å². The van der Waals surface area contributed by atoms with Gasteiger partial charge in [-0.05, 0) is 33.0 Å². The lowest BCUT2D eigenvalue weighted by atomic mass is 9.96. The molecule has 3 rings (SSSR count). The standard InChI is InChI=1S/C18H30N6O/c1-23(2)10-14-11-24(17-8-9-19-13-20-17)12-16(14)22-18(25)21-15-6-4-3-5-7-15/h8-9,13-16H,3-7,10-12H2,1-2H3,(H2,21,22,25)/t14-,16-/m1/s1.